The molecule has 102 valence electrons. The van der Waals surface area contributed by atoms with Crippen LogP contribution in [0, 0.1) is 0 Å². The number of likely N-dealkylation sites (N-methyl/N-ethyl adjacent to an activating group) is 2. The first kappa shape index (κ1) is 15.6. The van der Waals surface area contributed by atoms with Crippen molar-refractivity contribution >= 4 is 33.2 Å². The highest BCUT2D eigenvalue weighted by Gasteiger charge is 2.14. The van der Waals surface area contributed by atoms with Gasteiger partial charge >= 0.3 is 0 Å². The largest absolute Gasteiger partial charge is 0.395 e. The molecule has 1 heterocycles. The third-order valence-corrected chi connectivity index (χ3v) is 4.21. The molecule has 0 fully saturated rings. The Bertz CT molecular complexity index is 384. The molecule has 1 aromatic heterocycles. The lowest BCUT2D eigenvalue weighted by Crippen LogP contribution is -2.39. The molecule has 6 heteroatoms. The minimum Gasteiger partial charge on any atom is -0.395 e. The van der Waals surface area contributed by atoms with Gasteiger partial charge in [0.1, 0.15) is 0 Å². The molecule has 0 bridgehead atoms. The van der Waals surface area contributed by atoms with E-state index in [0.29, 0.717) is 26.2 Å². The van der Waals surface area contributed by atoms with Gasteiger partial charge in [-0.3, -0.25) is 9.69 Å². The molecule has 1 rings (SSSR count). The quantitative estimate of drug-likeness (QED) is 0.826. The summed E-state index contributed by atoms with van der Waals surface area (Å²) in [6.45, 7) is 4.27. The van der Waals surface area contributed by atoms with Crippen molar-refractivity contribution in [2.24, 2.45) is 0 Å². The van der Waals surface area contributed by atoms with Gasteiger partial charge < -0.3 is 10.0 Å². The molecule has 1 aromatic rings. The van der Waals surface area contributed by atoms with Gasteiger partial charge in [0, 0.05) is 18.0 Å². The van der Waals surface area contributed by atoms with E-state index in [1.807, 2.05) is 35.9 Å². The monoisotopic (exact) mass is 334 g/mol. The standard InChI is InChI=1S/C12H19BrN2O2S/c1-3-15(8-10-4-5-11(13)18-10)12(17)9-14(2)6-7-16/h4-5,16H,3,6-9H2,1-2H3. The van der Waals surface area contributed by atoms with Crippen molar-refractivity contribution in [3.8, 4) is 0 Å². The highest BCUT2D eigenvalue weighted by atomic mass is 79.9. The summed E-state index contributed by atoms with van der Waals surface area (Å²) in [6.07, 6.45) is 0. The van der Waals surface area contributed by atoms with Crippen molar-refractivity contribution in [1.29, 1.82) is 0 Å². The van der Waals surface area contributed by atoms with Crippen molar-refractivity contribution in [3.63, 3.8) is 0 Å². The van der Waals surface area contributed by atoms with E-state index in [4.69, 9.17) is 5.11 Å². The van der Waals surface area contributed by atoms with E-state index >= 15 is 0 Å². The van der Waals surface area contributed by atoms with E-state index in [9.17, 15) is 4.79 Å². The van der Waals surface area contributed by atoms with Gasteiger partial charge in [0.15, 0.2) is 0 Å². The minimum absolute atomic E-state index is 0.0772. The third-order valence-electron chi connectivity index (χ3n) is 2.60. The van der Waals surface area contributed by atoms with Crippen molar-refractivity contribution in [2.75, 3.05) is 33.3 Å². The summed E-state index contributed by atoms with van der Waals surface area (Å²) < 4.78 is 1.08. The van der Waals surface area contributed by atoms with Gasteiger partial charge in [-0.05, 0) is 42.0 Å². The van der Waals surface area contributed by atoms with Crippen LogP contribution < -0.4 is 0 Å². The maximum Gasteiger partial charge on any atom is 0.237 e. The lowest BCUT2D eigenvalue weighted by molar-refractivity contribution is -0.132. The smallest absolute Gasteiger partial charge is 0.237 e. The first-order valence-corrected chi connectivity index (χ1v) is 7.49. The predicted molar refractivity (Wildman–Crippen MR) is 77.7 cm³/mol. The van der Waals surface area contributed by atoms with Crippen molar-refractivity contribution in [3.05, 3.63) is 20.8 Å². The number of hydrogen-bond acceptors (Lipinski definition) is 4. The minimum atomic E-state index is 0.0772. The van der Waals surface area contributed by atoms with Crippen molar-refractivity contribution in [1.82, 2.24) is 9.80 Å². The van der Waals surface area contributed by atoms with Crippen LogP contribution >= 0.6 is 27.3 Å². The van der Waals surface area contributed by atoms with Crippen LogP contribution in [0.3, 0.4) is 0 Å². The molecule has 0 aliphatic carbocycles. The van der Waals surface area contributed by atoms with Crippen LogP contribution in [0.1, 0.15) is 11.8 Å². The van der Waals surface area contributed by atoms with Gasteiger partial charge in [0.2, 0.25) is 5.91 Å². The molecule has 18 heavy (non-hydrogen) atoms. The highest BCUT2D eigenvalue weighted by molar-refractivity contribution is 9.11. The Morgan fingerprint density at radius 2 is 2.22 bits per heavy atom. The second-order valence-corrected chi connectivity index (χ2v) is 6.62. The summed E-state index contributed by atoms with van der Waals surface area (Å²) in [5, 5.41) is 8.81. The van der Waals surface area contributed by atoms with E-state index in [0.717, 1.165) is 3.79 Å². The number of halogens is 1. The molecular weight excluding hydrogens is 316 g/mol. The molecule has 0 saturated carbocycles. The van der Waals surface area contributed by atoms with Crippen LogP contribution in [0.25, 0.3) is 0 Å². The summed E-state index contributed by atoms with van der Waals surface area (Å²) in [4.78, 5) is 16.9. The molecule has 4 nitrogen and oxygen atoms in total. The zero-order valence-corrected chi connectivity index (χ0v) is 13.1. The average Bonchev–Trinajstić information content (AvgIpc) is 2.71. The van der Waals surface area contributed by atoms with Crippen LogP contribution in [0.5, 0.6) is 0 Å². The van der Waals surface area contributed by atoms with Gasteiger partial charge in [-0.2, -0.15) is 0 Å². The summed E-state index contributed by atoms with van der Waals surface area (Å²) in [5.74, 6) is 0.0953. The second kappa shape index (κ2) is 7.89. The van der Waals surface area contributed by atoms with Crippen LogP contribution in [0.15, 0.2) is 15.9 Å². The fraction of sp³-hybridized carbons (Fsp3) is 0.583. The van der Waals surface area contributed by atoms with E-state index in [1.165, 1.54) is 4.88 Å². The van der Waals surface area contributed by atoms with Gasteiger partial charge in [0.25, 0.3) is 0 Å². The zero-order valence-electron chi connectivity index (χ0n) is 10.7. The molecule has 0 atom stereocenters. The van der Waals surface area contributed by atoms with Gasteiger partial charge in [-0.25, -0.2) is 0 Å². The second-order valence-electron chi connectivity index (χ2n) is 4.08. The van der Waals surface area contributed by atoms with Crippen LogP contribution in [0.2, 0.25) is 0 Å². The molecule has 1 N–H and O–H groups in total. The van der Waals surface area contributed by atoms with Crippen molar-refractivity contribution in [2.45, 2.75) is 13.5 Å². The SMILES string of the molecule is CCN(Cc1ccc(Br)s1)C(=O)CN(C)CCO. The van der Waals surface area contributed by atoms with Gasteiger partial charge in [-0.1, -0.05) is 0 Å². The fourth-order valence-corrected chi connectivity index (χ4v) is 3.08. The number of amides is 1. The number of carbonyl (C=O) groups excluding carboxylic acids is 1. The molecule has 0 saturated heterocycles. The maximum absolute atomic E-state index is 12.1. The van der Waals surface area contributed by atoms with E-state index in [1.54, 1.807) is 11.3 Å². The Kier molecular flexibility index (Phi) is 6.85. The first-order chi connectivity index (χ1) is 8.56. The van der Waals surface area contributed by atoms with Gasteiger partial charge in [0.05, 0.1) is 23.5 Å². The zero-order chi connectivity index (χ0) is 13.5. The van der Waals surface area contributed by atoms with E-state index < -0.39 is 0 Å². The Balaban J connectivity index is 2.52. The number of hydrogen-bond donors (Lipinski definition) is 1. The van der Waals surface area contributed by atoms with Crippen molar-refractivity contribution < 1.29 is 9.90 Å². The summed E-state index contributed by atoms with van der Waals surface area (Å²) in [5.41, 5.74) is 0. The lowest BCUT2D eigenvalue weighted by atomic mass is 10.3. The van der Waals surface area contributed by atoms with Crippen LogP contribution in [0.4, 0.5) is 0 Å². The number of aliphatic hydroxyl groups excluding tert-OH is 1. The first-order valence-electron chi connectivity index (χ1n) is 5.88. The number of carbonyl (C=O) groups is 1. The van der Waals surface area contributed by atoms with E-state index in [-0.39, 0.29) is 12.5 Å². The molecule has 0 aliphatic heterocycles. The Hall–Kier alpha value is -0.430. The number of nitrogens with zero attached hydrogens (tertiary/aromatic N) is 2. The Morgan fingerprint density at radius 1 is 1.50 bits per heavy atom. The summed E-state index contributed by atoms with van der Waals surface area (Å²) in [7, 11) is 1.84. The maximum atomic E-state index is 12.1. The molecule has 0 aromatic carbocycles. The number of thiophene rings is 1. The predicted octanol–water partition coefficient (Wildman–Crippen LogP) is 1.78. The molecular formula is C12H19BrN2O2S. The molecule has 0 spiro atoms. The van der Waals surface area contributed by atoms with Crippen LogP contribution in [-0.4, -0.2) is 54.1 Å². The lowest BCUT2D eigenvalue weighted by Gasteiger charge is -2.23. The Labute approximate surface area is 120 Å². The Morgan fingerprint density at radius 3 is 2.72 bits per heavy atom. The third kappa shape index (κ3) is 5.06. The summed E-state index contributed by atoms with van der Waals surface area (Å²) in [6, 6.07) is 4.03. The highest BCUT2D eigenvalue weighted by Crippen LogP contribution is 2.23. The molecule has 0 aliphatic rings. The van der Waals surface area contributed by atoms with Gasteiger partial charge in [-0.15, -0.1) is 11.3 Å². The molecule has 1 amide bonds. The molecule has 0 radical (unpaired) electrons. The normalized spacial score (nSPS) is 10.9. The number of rotatable bonds is 7. The average molecular weight is 335 g/mol. The molecule has 0 unspecified atom stereocenters. The number of aliphatic hydroxyl groups is 1. The fourth-order valence-electron chi connectivity index (χ4n) is 1.58. The topological polar surface area (TPSA) is 43.8 Å². The van der Waals surface area contributed by atoms with E-state index in [2.05, 4.69) is 15.9 Å². The summed E-state index contributed by atoms with van der Waals surface area (Å²) >= 11 is 5.07. The van der Waals surface area contributed by atoms with Crippen LogP contribution in [-0.2, 0) is 11.3 Å².